The molecule has 0 spiro atoms. The maximum absolute atomic E-state index is 4.41. The van der Waals surface area contributed by atoms with Crippen molar-refractivity contribution in [3.8, 4) is 0 Å². The molecular formula is C12H19BrN4. The van der Waals surface area contributed by atoms with E-state index in [1.807, 2.05) is 12.4 Å². The molecule has 1 saturated heterocycles. The number of hydrogen-bond donors (Lipinski definition) is 0. The van der Waals surface area contributed by atoms with Crippen molar-refractivity contribution in [1.29, 1.82) is 0 Å². The summed E-state index contributed by atoms with van der Waals surface area (Å²) in [6.07, 6.45) is 6.18. The number of piperidine rings is 1. The van der Waals surface area contributed by atoms with Crippen molar-refractivity contribution < 1.29 is 0 Å². The molecule has 1 aliphatic heterocycles. The van der Waals surface area contributed by atoms with Gasteiger partial charge in [-0.3, -0.25) is 0 Å². The maximum atomic E-state index is 4.41. The second-order valence-corrected chi connectivity index (χ2v) is 5.27. The van der Waals surface area contributed by atoms with Gasteiger partial charge in [-0.2, -0.15) is 0 Å². The molecule has 5 heteroatoms. The largest absolute Gasteiger partial charge is 0.341 e. The fourth-order valence-electron chi connectivity index (χ4n) is 2.16. The Morgan fingerprint density at radius 2 is 1.88 bits per heavy atom. The SMILES string of the molecule is CN(C)C1CCN(c2ncc(CBr)cn2)CC1. The van der Waals surface area contributed by atoms with E-state index in [1.165, 1.54) is 12.8 Å². The van der Waals surface area contributed by atoms with E-state index in [0.29, 0.717) is 6.04 Å². The van der Waals surface area contributed by atoms with Gasteiger partial charge in [0, 0.05) is 36.9 Å². The highest BCUT2D eigenvalue weighted by Gasteiger charge is 2.21. The van der Waals surface area contributed by atoms with Crippen LogP contribution in [0.25, 0.3) is 0 Å². The summed E-state index contributed by atoms with van der Waals surface area (Å²) in [5.41, 5.74) is 1.12. The molecule has 94 valence electrons. The van der Waals surface area contributed by atoms with Crippen molar-refractivity contribution in [1.82, 2.24) is 14.9 Å². The third-order valence-electron chi connectivity index (χ3n) is 3.32. The smallest absolute Gasteiger partial charge is 0.225 e. The van der Waals surface area contributed by atoms with E-state index < -0.39 is 0 Å². The first kappa shape index (κ1) is 12.8. The van der Waals surface area contributed by atoms with Gasteiger partial charge in [0.15, 0.2) is 0 Å². The standard InChI is InChI=1S/C12H19BrN4/c1-16(2)11-3-5-17(6-4-11)12-14-8-10(7-13)9-15-12/h8-9,11H,3-7H2,1-2H3. The topological polar surface area (TPSA) is 32.3 Å². The van der Waals surface area contributed by atoms with E-state index in [-0.39, 0.29) is 0 Å². The van der Waals surface area contributed by atoms with E-state index in [1.54, 1.807) is 0 Å². The lowest BCUT2D eigenvalue weighted by atomic mass is 10.0. The summed E-state index contributed by atoms with van der Waals surface area (Å²) in [4.78, 5) is 13.4. The highest BCUT2D eigenvalue weighted by molar-refractivity contribution is 9.08. The van der Waals surface area contributed by atoms with Crippen LogP contribution in [0.5, 0.6) is 0 Å². The van der Waals surface area contributed by atoms with Crippen molar-refractivity contribution in [3.63, 3.8) is 0 Å². The van der Waals surface area contributed by atoms with Crippen molar-refractivity contribution in [2.75, 3.05) is 32.1 Å². The Morgan fingerprint density at radius 1 is 1.29 bits per heavy atom. The van der Waals surface area contributed by atoms with Crippen LogP contribution in [0.4, 0.5) is 5.95 Å². The average molecular weight is 299 g/mol. The molecule has 2 rings (SSSR count). The van der Waals surface area contributed by atoms with Gasteiger partial charge in [0.25, 0.3) is 0 Å². The molecule has 1 aliphatic rings. The lowest BCUT2D eigenvalue weighted by Gasteiger charge is -2.35. The number of anilines is 1. The summed E-state index contributed by atoms with van der Waals surface area (Å²) in [6.45, 7) is 2.10. The lowest BCUT2D eigenvalue weighted by Crippen LogP contribution is -2.42. The van der Waals surface area contributed by atoms with Crippen LogP contribution in [-0.4, -0.2) is 48.1 Å². The Kier molecular flexibility index (Phi) is 4.34. The van der Waals surface area contributed by atoms with Crippen molar-refractivity contribution in [2.45, 2.75) is 24.2 Å². The Labute approximate surface area is 111 Å². The van der Waals surface area contributed by atoms with Gasteiger partial charge in [-0.1, -0.05) is 15.9 Å². The van der Waals surface area contributed by atoms with Gasteiger partial charge in [0.1, 0.15) is 0 Å². The van der Waals surface area contributed by atoms with Gasteiger partial charge in [-0.15, -0.1) is 0 Å². The molecule has 0 N–H and O–H groups in total. The number of hydrogen-bond acceptors (Lipinski definition) is 4. The van der Waals surface area contributed by atoms with Gasteiger partial charge >= 0.3 is 0 Å². The lowest BCUT2D eigenvalue weighted by molar-refractivity contribution is 0.249. The second kappa shape index (κ2) is 5.78. The Hall–Kier alpha value is -0.680. The third kappa shape index (κ3) is 3.16. The van der Waals surface area contributed by atoms with E-state index in [2.05, 4.69) is 49.8 Å². The first-order chi connectivity index (χ1) is 8.20. The summed E-state index contributed by atoms with van der Waals surface area (Å²) in [5, 5.41) is 0.815. The Morgan fingerprint density at radius 3 is 2.35 bits per heavy atom. The van der Waals surface area contributed by atoms with Crippen LogP contribution in [0.15, 0.2) is 12.4 Å². The van der Waals surface area contributed by atoms with Crippen molar-refractivity contribution in [2.24, 2.45) is 0 Å². The fraction of sp³-hybridized carbons (Fsp3) is 0.667. The highest BCUT2D eigenvalue weighted by Crippen LogP contribution is 2.18. The second-order valence-electron chi connectivity index (χ2n) is 4.71. The van der Waals surface area contributed by atoms with E-state index in [0.717, 1.165) is 29.9 Å². The summed E-state index contributed by atoms with van der Waals surface area (Å²) < 4.78 is 0. The summed E-state index contributed by atoms with van der Waals surface area (Å²) in [6, 6.07) is 0.702. The molecule has 0 bridgehead atoms. The Balaban J connectivity index is 1.95. The molecule has 0 aromatic carbocycles. The van der Waals surface area contributed by atoms with Crippen LogP contribution >= 0.6 is 15.9 Å². The normalized spacial score (nSPS) is 17.8. The monoisotopic (exact) mass is 298 g/mol. The molecule has 0 saturated carbocycles. The Bertz CT molecular complexity index is 344. The molecule has 0 unspecified atom stereocenters. The first-order valence-corrected chi connectivity index (χ1v) is 7.11. The third-order valence-corrected chi connectivity index (χ3v) is 3.97. The molecule has 0 atom stereocenters. The molecule has 0 aliphatic carbocycles. The molecule has 1 aromatic heterocycles. The number of halogens is 1. The number of alkyl halides is 1. The van der Waals surface area contributed by atoms with E-state index in [4.69, 9.17) is 0 Å². The molecule has 1 fully saturated rings. The maximum Gasteiger partial charge on any atom is 0.225 e. The van der Waals surface area contributed by atoms with Crippen LogP contribution in [-0.2, 0) is 5.33 Å². The summed E-state index contributed by atoms with van der Waals surface area (Å²) in [7, 11) is 4.31. The van der Waals surface area contributed by atoms with Crippen LogP contribution in [0, 0.1) is 0 Å². The van der Waals surface area contributed by atoms with Gasteiger partial charge in [-0.25, -0.2) is 9.97 Å². The molecule has 2 heterocycles. The zero-order valence-electron chi connectivity index (χ0n) is 10.4. The number of nitrogens with zero attached hydrogens (tertiary/aromatic N) is 4. The first-order valence-electron chi connectivity index (χ1n) is 5.99. The number of rotatable bonds is 3. The molecule has 17 heavy (non-hydrogen) atoms. The van der Waals surface area contributed by atoms with E-state index in [9.17, 15) is 0 Å². The van der Waals surface area contributed by atoms with Gasteiger partial charge in [0.05, 0.1) is 0 Å². The highest BCUT2D eigenvalue weighted by atomic mass is 79.9. The van der Waals surface area contributed by atoms with E-state index >= 15 is 0 Å². The number of aromatic nitrogens is 2. The van der Waals surface area contributed by atoms with Crippen molar-refractivity contribution in [3.05, 3.63) is 18.0 Å². The molecule has 1 aromatic rings. The van der Waals surface area contributed by atoms with Crippen LogP contribution in [0.3, 0.4) is 0 Å². The minimum absolute atomic E-state index is 0.702. The van der Waals surface area contributed by atoms with Crippen molar-refractivity contribution >= 4 is 21.9 Å². The van der Waals surface area contributed by atoms with Crippen LogP contribution in [0.1, 0.15) is 18.4 Å². The minimum Gasteiger partial charge on any atom is -0.341 e. The zero-order chi connectivity index (χ0) is 12.3. The predicted octanol–water partition coefficient (Wildman–Crippen LogP) is 1.90. The minimum atomic E-state index is 0.702. The molecule has 0 amide bonds. The molecule has 0 radical (unpaired) electrons. The van der Waals surface area contributed by atoms with Gasteiger partial charge in [0.2, 0.25) is 5.95 Å². The van der Waals surface area contributed by atoms with Crippen LogP contribution in [0.2, 0.25) is 0 Å². The van der Waals surface area contributed by atoms with Gasteiger partial charge in [-0.05, 0) is 32.5 Å². The summed E-state index contributed by atoms with van der Waals surface area (Å²) in [5.74, 6) is 0.868. The van der Waals surface area contributed by atoms with Crippen LogP contribution < -0.4 is 4.90 Å². The van der Waals surface area contributed by atoms with Gasteiger partial charge < -0.3 is 9.80 Å². The zero-order valence-corrected chi connectivity index (χ0v) is 12.0. The quantitative estimate of drug-likeness (QED) is 0.798. The molecular weight excluding hydrogens is 280 g/mol. The predicted molar refractivity (Wildman–Crippen MR) is 73.6 cm³/mol. The fourth-order valence-corrected chi connectivity index (χ4v) is 2.45. The average Bonchev–Trinajstić information content (AvgIpc) is 2.39. The molecule has 4 nitrogen and oxygen atoms in total. The summed E-state index contributed by atoms with van der Waals surface area (Å²) >= 11 is 3.40.